The van der Waals surface area contributed by atoms with E-state index in [1.165, 1.54) is 128 Å². The van der Waals surface area contributed by atoms with Crippen LogP contribution >= 0.6 is 0 Å². The van der Waals surface area contributed by atoms with E-state index in [0.29, 0.717) is 12.8 Å². The first-order chi connectivity index (χ1) is 29.4. The van der Waals surface area contributed by atoms with Gasteiger partial charge in [0.2, 0.25) is 5.91 Å². The van der Waals surface area contributed by atoms with Crippen LogP contribution in [0, 0.1) is 0 Å². The van der Waals surface area contributed by atoms with Gasteiger partial charge in [-0.05, 0) is 39.0 Å². The zero-order valence-electron chi connectivity index (χ0n) is 38.7. The van der Waals surface area contributed by atoms with E-state index in [9.17, 15) is 45.6 Å². The maximum atomic E-state index is 13.1. The van der Waals surface area contributed by atoms with E-state index in [1.807, 2.05) is 6.08 Å². The molecule has 0 aromatic rings. The second-order valence-corrected chi connectivity index (χ2v) is 18.0. The summed E-state index contributed by atoms with van der Waals surface area (Å²) < 4.78 is 11.1. The molecule has 1 aliphatic heterocycles. The van der Waals surface area contributed by atoms with E-state index in [2.05, 4.69) is 19.2 Å². The summed E-state index contributed by atoms with van der Waals surface area (Å²) in [6.45, 7) is 4.94. The number of rotatable bonds is 40. The van der Waals surface area contributed by atoms with Crippen molar-refractivity contribution < 1.29 is 55.1 Å². The highest BCUT2D eigenvalue weighted by molar-refractivity contribution is 5.80. The molecule has 1 amide bonds. The van der Waals surface area contributed by atoms with Gasteiger partial charge in [-0.15, -0.1) is 0 Å². The number of nitrogens with one attached hydrogen (secondary N) is 1. The van der Waals surface area contributed by atoms with Crippen LogP contribution in [0.5, 0.6) is 0 Å². The third-order valence-corrected chi connectivity index (χ3v) is 12.2. The van der Waals surface area contributed by atoms with E-state index in [-0.39, 0.29) is 12.8 Å². The minimum absolute atomic E-state index is 0.202. The molecular weight excluding hydrogens is 779 g/mol. The third-order valence-electron chi connectivity index (χ3n) is 12.2. The number of unbranched alkanes of at least 4 members (excludes halogenated alkanes) is 24. The highest BCUT2D eigenvalue weighted by Crippen LogP contribution is 2.23. The number of hydrogen-bond donors (Lipinski definition) is 9. The zero-order valence-corrected chi connectivity index (χ0v) is 38.7. The largest absolute Gasteiger partial charge is 0.394 e. The predicted molar refractivity (Wildman–Crippen MR) is 244 cm³/mol. The summed E-state index contributed by atoms with van der Waals surface area (Å²) in [4.78, 5) is 13.1. The molecule has 1 rings (SSSR count). The fourth-order valence-corrected chi connectivity index (χ4v) is 7.85. The van der Waals surface area contributed by atoms with E-state index in [1.54, 1.807) is 19.1 Å². The molecule has 12 heteroatoms. The summed E-state index contributed by atoms with van der Waals surface area (Å²) in [5.41, 5.74) is -1.42. The van der Waals surface area contributed by atoms with Crippen LogP contribution in [0.25, 0.3) is 0 Å². The van der Waals surface area contributed by atoms with Crippen molar-refractivity contribution in [3.63, 3.8) is 0 Å². The lowest BCUT2D eigenvalue weighted by molar-refractivity contribution is -0.302. The Morgan fingerprint density at radius 2 is 1.13 bits per heavy atom. The molecule has 0 aromatic carbocycles. The molecule has 10 atom stereocenters. The molecule has 1 fully saturated rings. The summed E-state index contributed by atoms with van der Waals surface area (Å²) >= 11 is 0. The lowest BCUT2D eigenvalue weighted by atomic mass is 9.94. The van der Waals surface area contributed by atoms with Crippen LogP contribution in [0.1, 0.15) is 207 Å². The van der Waals surface area contributed by atoms with Gasteiger partial charge in [-0.3, -0.25) is 4.79 Å². The number of amides is 1. The Hall–Kier alpha value is -1.45. The van der Waals surface area contributed by atoms with Crippen molar-refractivity contribution >= 4 is 5.91 Å². The fraction of sp³-hybridized carbons (Fsp3) is 0.898. The Labute approximate surface area is 370 Å². The van der Waals surface area contributed by atoms with Gasteiger partial charge in [0.25, 0.3) is 0 Å². The predicted octanol–water partition coefficient (Wildman–Crippen LogP) is 7.59. The highest BCUT2D eigenvalue weighted by atomic mass is 16.7. The fourth-order valence-electron chi connectivity index (χ4n) is 7.85. The molecule has 10 unspecified atom stereocenters. The van der Waals surface area contributed by atoms with Gasteiger partial charge in [0.15, 0.2) is 6.29 Å². The third kappa shape index (κ3) is 27.5. The van der Waals surface area contributed by atoms with Crippen molar-refractivity contribution in [2.45, 2.75) is 268 Å². The molecular formula is C49H93NO11. The first-order valence-electron chi connectivity index (χ1n) is 24.7. The Bertz CT molecular complexity index is 1090. The average molecular weight is 872 g/mol. The summed E-state index contributed by atoms with van der Waals surface area (Å²) in [7, 11) is 0. The quantitative estimate of drug-likeness (QED) is 0.0217. The van der Waals surface area contributed by atoms with Crippen molar-refractivity contribution in [1.29, 1.82) is 0 Å². The van der Waals surface area contributed by atoms with E-state index < -0.39 is 79.8 Å². The maximum absolute atomic E-state index is 13.1. The normalized spacial score (nSPS) is 22.7. The number of aliphatic hydroxyl groups is 8. The molecule has 61 heavy (non-hydrogen) atoms. The lowest BCUT2D eigenvalue weighted by Gasteiger charge is -2.40. The van der Waals surface area contributed by atoms with Gasteiger partial charge in [-0.2, -0.15) is 0 Å². The topological polar surface area (TPSA) is 209 Å². The standard InChI is InChI=1S/C49H93NO11/c1-4-6-8-10-12-13-14-15-16-17-18-19-20-21-22-23-24-25-27-29-34-41(53)47(58)50-39(38-60-48-46(57)45(56)44(55)42(37-51)61-48)40(52)33-30-31-35-43(54)49(3,59)36-32-28-26-11-9-7-5-2/h30,32-33,36,39-46,48,51-57,59H,4-29,31,34-35,37-38H2,1-3H3,(H,50,58). The van der Waals surface area contributed by atoms with Crippen LogP contribution in [0.15, 0.2) is 24.3 Å². The van der Waals surface area contributed by atoms with Crippen molar-refractivity contribution in [1.82, 2.24) is 5.32 Å². The van der Waals surface area contributed by atoms with E-state index in [0.717, 1.165) is 38.5 Å². The second-order valence-electron chi connectivity index (χ2n) is 18.0. The minimum atomic E-state index is -1.67. The van der Waals surface area contributed by atoms with Crippen LogP contribution in [-0.4, -0.2) is 121 Å². The Kier molecular flexibility index (Phi) is 34.8. The molecule has 0 aromatic heterocycles. The van der Waals surface area contributed by atoms with Gasteiger partial charge in [0, 0.05) is 0 Å². The monoisotopic (exact) mass is 872 g/mol. The van der Waals surface area contributed by atoms with E-state index in [4.69, 9.17) is 9.47 Å². The number of ether oxygens (including phenoxy) is 2. The molecule has 0 aliphatic carbocycles. The first kappa shape index (κ1) is 57.6. The van der Waals surface area contributed by atoms with Crippen LogP contribution in [0.2, 0.25) is 0 Å². The van der Waals surface area contributed by atoms with Gasteiger partial charge in [-0.25, -0.2) is 0 Å². The van der Waals surface area contributed by atoms with Crippen LogP contribution in [0.3, 0.4) is 0 Å². The average Bonchev–Trinajstić information content (AvgIpc) is 3.24. The summed E-state index contributed by atoms with van der Waals surface area (Å²) in [5, 5.41) is 86.2. The minimum Gasteiger partial charge on any atom is -0.394 e. The maximum Gasteiger partial charge on any atom is 0.249 e. The number of aliphatic hydroxyl groups excluding tert-OH is 7. The molecule has 0 radical (unpaired) electrons. The van der Waals surface area contributed by atoms with Crippen LogP contribution < -0.4 is 5.32 Å². The lowest BCUT2D eigenvalue weighted by Crippen LogP contribution is -2.60. The Balaban J connectivity index is 2.49. The van der Waals surface area contributed by atoms with Crippen molar-refractivity contribution in [2.75, 3.05) is 13.2 Å². The molecule has 0 saturated carbocycles. The number of carbonyl (C=O) groups excluding carboxylic acids is 1. The molecule has 360 valence electrons. The van der Waals surface area contributed by atoms with Crippen LogP contribution in [-0.2, 0) is 14.3 Å². The first-order valence-corrected chi connectivity index (χ1v) is 24.7. The summed E-state index contributed by atoms with van der Waals surface area (Å²) in [5.74, 6) is -0.698. The molecule has 9 N–H and O–H groups in total. The molecule has 12 nitrogen and oxygen atoms in total. The van der Waals surface area contributed by atoms with Gasteiger partial charge in [0.1, 0.15) is 36.1 Å². The van der Waals surface area contributed by atoms with Crippen LogP contribution in [0.4, 0.5) is 0 Å². The van der Waals surface area contributed by atoms with Crippen molar-refractivity contribution in [3.05, 3.63) is 24.3 Å². The molecule has 1 heterocycles. The van der Waals surface area contributed by atoms with Crippen molar-refractivity contribution in [2.24, 2.45) is 0 Å². The summed E-state index contributed by atoms with van der Waals surface area (Å²) in [6, 6.07) is -1.12. The zero-order chi connectivity index (χ0) is 45.1. The molecule has 1 saturated heterocycles. The number of allylic oxidation sites excluding steroid dienone is 2. The van der Waals surface area contributed by atoms with Gasteiger partial charge in [-0.1, -0.05) is 192 Å². The Morgan fingerprint density at radius 3 is 1.62 bits per heavy atom. The second kappa shape index (κ2) is 36.8. The molecule has 1 aliphatic rings. The molecule has 0 spiro atoms. The van der Waals surface area contributed by atoms with Crippen molar-refractivity contribution in [3.8, 4) is 0 Å². The van der Waals surface area contributed by atoms with Gasteiger partial charge < -0.3 is 55.6 Å². The molecule has 0 bridgehead atoms. The number of hydrogen-bond acceptors (Lipinski definition) is 11. The van der Waals surface area contributed by atoms with E-state index >= 15 is 0 Å². The smallest absolute Gasteiger partial charge is 0.249 e. The SMILES string of the molecule is CCCCCCCC=CC(C)(O)C(O)CCC=CC(O)C(COC1OC(CO)C(O)C(O)C1O)NC(=O)C(O)CCCCCCCCCCCCCCCCCCCCCC. The summed E-state index contributed by atoms with van der Waals surface area (Å²) in [6.07, 6.45) is 27.8. The highest BCUT2D eigenvalue weighted by Gasteiger charge is 2.44. The number of carbonyl (C=O) groups is 1. The van der Waals surface area contributed by atoms with Gasteiger partial charge >= 0.3 is 0 Å². The van der Waals surface area contributed by atoms with Gasteiger partial charge in [0.05, 0.1) is 31.5 Å². The Morgan fingerprint density at radius 1 is 0.656 bits per heavy atom.